The van der Waals surface area contributed by atoms with Crippen LogP contribution in [0.4, 0.5) is 0 Å². The number of nitrogens with zero attached hydrogens (tertiary/aromatic N) is 2. The summed E-state index contributed by atoms with van der Waals surface area (Å²) in [6.45, 7) is 3.99. The third kappa shape index (κ3) is 13.5. The molecule has 16 heteroatoms. The second-order valence-electron chi connectivity index (χ2n) is 11.5. The van der Waals surface area contributed by atoms with Gasteiger partial charge in [-0.05, 0) is 73.9 Å². The van der Waals surface area contributed by atoms with Crippen LogP contribution in [0.2, 0.25) is 0 Å². The molecule has 48 heavy (non-hydrogen) atoms. The summed E-state index contributed by atoms with van der Waals surface area (Å²) in [5.41, 5.74) is 36.1. The summed E-state index contributed by atoms with van der Waals surface area (Å²) in [5.74, 6) is -2.85. The van der Waals surface area contributed by atoms with Crippen molar-refractivity contribution in [2.24, 2.45) is 44.4 Å². The van der Waals surface area contributed by atoms with Crippen molar-refractivity contribution in [2.75, 3.05) is 13.1 Å². The lowest BCUT2D eigenvalue weighted by Gasteiger charge is -2.26. The van der Waals surface area contributed by atoms with E-state index in [2.05, 4.69) is 25.9 Å². The van der Waals surface area contributed by atoms with E-state index in [4.69, 9.17) is 34.4 Å². The second kappa shape index (κ2) is 19.3. The molecule has 0 spiro atoms. The number of phenols is 1. The van der Waals surface area contributed by atoms with Crippen LogP contribution in [0, 0.1) is 13.8 Å². The number of rotatable bonds is 19. The molecule has 4 atom stereocenters. The highest BCUT2D eigenvalue weighted by Gasteiger charge is 2.31. The summed E-state index contributed by atoms with van der Waals surface area (Å²) in [7, 11) is 0. The number of aliphatic imine (C=N–C) groups is 2. The van der Waals surface area contributed by atoms with Gasteiger partial charge in [-0.1, -0.05) is 30.3 Å². The normalized spacial score (nSPS) is 13.2. The summed E-state index contributed by atoms with van der Waals surface area (Å²) in [4.78, 5) is 60.8. The predicted octanol–water partition coefficient (Wildman–Crippen LogP) is -1.83. The van der Waals surface area contributed by atoms with Gasteiger partial charge in [0.05, 0.1) is 6.04 Å². The largest absolute Gasteiger partial charge is 0.508 e. The topological polar surface area (TPSA) is 305 Å². The highest BCUT2D eigenvalue weighted by molar-refractivity contribution is 5.94. The minimum Gasteiger partial charge on any atom is -0.508 e. The fourth-order valence-corrected chi connectivity index (χ4v) is 5.02. The van der Waals surface area contributed by atoms with Crippen LogP contribution in [0.1, 0.15) is 47.9 Å². The van der Waals surface area contributed by atoms with Crippen molar-refractivity contribution in [1.82, 2.24) is 16.0 Å². The van der Waals surface area contributed by atoms with Crippen molar-refractivity contribution in [1.29, 1.82) is 0 Å². The van der Waals surface area contributed by atoms with Gasteiger partial charge in [-0.15, -0.1) is 0 Å². The molecule has 2 rings (SSSR count). The lowest BCUT2D eigenvalue weighted by molar-refractivity contribution is -0.133. The highest BCUT2D eigenvalue weighted by Crippen LogP contribution is 2.22. The molecule has 0 radical (unpaired) electrons. The van der Waals surface area contributed by atoms with Gasteiger partial charge in [0, 0.05) is 25.9 Å². The Morgan fingerprint density at radius 1 is 0.708 bits per heavy atom. The lowest BCUT2D eigenvalue weighted by atomic mass is 9.94. The van der Waals surface area contributed by atoms with Crippen LogP contribution in [0.15, 0.2) is 52.4 Å². The molecule has 0 heterocycles. The van der Waals surface area contributed by atoms with Gasteiger partial charge in [0.15, 0.2) is 11.9 Å². The van der Waals surface area contributed by atoms with Gasteiger partial charge in [-0.2, -0.15) is 0 Å². The monoisotopic (exact) mass is 667 g/mol. The van der Waals surface area contributed by atoms with Crippen LogP contribution in [-0.2, 0) is 32.0 Å². The number of phenolic OH excluding ortho intramolecular Hbond substituents is 1. The average molecular weight is 668 g/mol. The van der Waals surface area contributed by atoms with Crippen LogP contribution < -0.4 is 50.4 Å². The summed E-state index contributed by atoms with van der Waals surface area (Å²) >= 11 is 0. The van der Waals surface area contributed by atoms with Gasteiger partial charge < -0.3 is 55.5 Å². The number of benzene rings is 2. The fraction of sp³-hybridized carbons (Fsp3) is 0.438. The molecule has 262 valence electrons. The summed E-state index contributed by atoms with van der Waals surface area (Å²) in [5, 5.41) is 18.2. The predicted molar refractivity (Wildman–Crippen MR) is 184 cm³/mol. The molecule has 0 aromatic heterocycles. The van der Waals surface area contributed by atoms with E-state index in [1.165, 1.54) is 0 Å². The van der Waals surface area contributed by atoms with E-state index < -0.39 is 47.8 Å². The van der Waals surface area contributed by atoms with Gasteiger partial charge in [-0.25, -0.2) is 0 Å². The first-order valence-electron chi connectivity index (χ1n) is 15.6. The van der Waals surface area contributed by atoms with Gasteiger partial charge in [0.1, 0.15) is 23.9 Å². The van der Waals surface area contributed by atoms with Crippen LogP contribution in [-0.4, -0.2) is 77.9 Å². The number of amides is 4. The molecule has 2 aromatic rings. The molecule has 0 aliphatic carbocycles. The molecule has 0 unspecified atom stereocenters. The minimum atomic E-state index is -1.21. The van der Waals surface area contributed by atoms with Crippen molar-refractivity contribution < 1.29 is 24.3 Å². The number of nitrogens with one attached hydrogen (secondary N) is 3. The molecule has 0 aliphatic rings. The van der Waals surface area contributed by atoms with Crippen molar-refractivity contribution in [2.45, 2.75) is 76.5 Å². The lowest BCUT2D eigenvalue weighted by Crippen LogP contribution is -2.58. The third-order valence-electron chi connectivity index (χ3n) is 7.55. The quantitative estimate of drug-likeness (QED) is 0.0454. The summed E-state index contributed by atoms with van der Waals surface area (Å²) in [6.07, 6.45) is 1.22. The van der Waals surface area contributed by atoms with Crippen molar-refractivity contribution in [3.05, 3.63) is 64.7 Å². The van der Waals surface area contributed by atoms with E-state index >= 15 is 0 Å². The molecule has 16 nitrogen and oxygen atoms in total. The number of nitrogens with two attached hydrogens (primary N) is 6. The Kier molecular flexibility index (Phi) is 15.6. The molecule has 0 aliphatic heterocycles. The van der Waals surface area contributed by atoms with E-state index in [1.54, 1.807) is 50.2 Å². The van der Waals surface area contributed by atoms with Gasteiger partial charge in [-0.3, -0.25) is 29.2 Å². The minimum absolute atomic E-state index is 0.00527. The Hall–Kier alpha value is -5.38. The first-order chi connectivity index (χ1) is 22.7. The van der Waals surface area contributed by atoms with Crippen molar-refractivity contribution in [3.63, 3.8) is 0 Å². The smallest absolute Gasteiger partial charge is 0.243 e. The number of primary amides is 1. The van der Waals surface area contributed by atoms with E-state index in [0.717, 1.165) is 5.56 Å². The first-order valence-corrected chi connectivity index (χ1v) is 15.6. The van der Waals surface area contributed by atoms with Gasteiger partial charge in [0.2, 0.25) is 23.6 Å². The van der Waals surface area contributed by atoms with Crippen LogP contribution >= 0.6 is 0 Å². The zero-order chi connectivity index (χ0) is 35.8. The van der Waals surface area contributed by atoms with Gasteiger partial charge in [0.25, 0.3) is 0 Å². The number of hydrogen-bond acceptors (Lipinski definition) is 8. The molecular weight excluding hydrogens is 618 g/mol. The Labute approximate surface area is 280 Å². The second-order valence-corrected chi connectivity index (χ2v) is 11.5. The van der Waals surface area contributed by atoms with E-state index in [0.29, 0.717) is 29.5 Å². The van der Waals surface area contributed by atoms with Crippen LogP contribution in [0.25, 0.3) is 0 Å². The molecule has 0 bridgehead atoms. The third-order valence-corrected chi connectivity index (χ3v) is 7.55. The summed E-state index contributed by atoms with van der Waals surface area (Å²) in [6, 6.07) is 7.73. The molecule has 0 saturated heterocycles. The SMILES string of the molecule is Cc1cc(O)cc(C)c1C[C@H](NC(=O)[C@H](CCCN=C(N)N)NC(=O)[C@H](N)CCCN=C(N)N)C(=O)N[C@@H](Cc1ccccc1)C(N)=O. The van der Waals surface area contributed by atoms with E-state index in [1.807, 2.05) is 6.07 Å². The Morgan fingerprint density at radius 3 is 1.75 bits per heavy atom. The Morgan fingerprint density at radius 2 is 1.21 bits per heavy atom. The van der Waals surface area contributed by atoms with E-state index in [-0.39, 0.29) is 56.4 Å². The first kappa shape index (κ1) is 38.8. The zero-order valence-corrected chi connectivity index (χ0v) is 27.4. The molecule has 0 fully saturated rings. The van der Waals surface area contributed by atoms with Crippen molar-refractivity contribution >= 4 is 35.5 Å². The number of carbonyl (C=O) groups is 4. The molecular formula is C32H49N11O5. The fourth-order valence-electron chi connectivity index (χ4n) is 5.02. The number of guanidine groups is 2. The maximum absolute atomic E-state index is 13.8. The average Bonchev–Trinajstić information content (AvgIpc) is 3.01. The molecule has 16 N–H and O–H groups in total. The number of aromatic hydroxyl groups is 1. The standard InChI is InChI=1S/C32H49N11O5/c1-18-14-21(44)15-19(2)22(18)17-26(30(48)42-25(27(34)45)16-20-8-4-3-5-9-20)43-29(47)24(11-7-13-40-32(37)38)41-28(46)23(33)10-6-12-39-31(35)36/h3-5,8-9,14-15,23-26,44H,6-7,10-13,16-17,33H2,1-2H3,(H2,34,45)(H,41,46)(H,42,48)(H,43,47)(H4,35,36,39)(H4,37,38,40)/t23-,24+,25+,26+/m1/s1. The van der Waals surface area contributed by atoms with Gasteiger partial charge >= 0.3 is 0 Å². The summed E-state index contributed by atoms with van der Waals surface area (Å²) < 4.78 is 0. The molecule has 4 amide bonds. The molecule has 0 saturated carbocycles. The van der Waals surface area contributed by atoms with Crippen molar-refractivity contribution in [3.8, 4) is 5.75 Å². The zero-order valence-electron chi connectivity index (χ0n) is 27.4. The Balaban J connectivity index is 2.35. The number of carbonyl (C=O) groups excluding carboxylic acids is 4. The number of hydrogen-bond donors (Lipinski definition) is 10. The van der Waals surface area contributed by atoms with Crippen LogP contribution in [0.3, 0.4) is 0 Å². The Bertz CT molecular complexity index is 1430. The van der Waals surface area contributed by atoms with E-state index in [9.17, 15) is 24.3 Å². The maximum atomic E-state index is 13.8. The maximum Gasteiger partial charge on any atom is 0.243 e. The number of aryl methyl sites for hydroxylation is 2. The molecule has 2 aromatic carbocycles. The highest BCUT2D eigenvalue weighted by atomic mass is 16.3. The van der Waals surface area contributed by atoms with Crippen LogP contribution in [0.5, 0.6) is 5.75 Å².